The molecule has 0 spiro atoms. The fourth-order valence-corrected chi connectivity index (χ4v) is 6.37. The van der Waals surface area contributed by atoms with E-state index >= 15 is 0 Å². The van der Waals surface area contributed by atoms with Crippen molar-refractivity contribution in [2.45, 2.75) is 64.1 Å². The second-order valence-corrected chi connectivity index (χ2v) is 11.1. The van der Waals surface area contributed by atoms with Crippen LogP contribution < -0.4 is 9.47 Å². The van der Waals surface area contributed by atoms with Gasteiger partial charge in [-0.15, -0.1) is 0 Å². The van der Waals surface area contributed by atoms with Crippen LogP contribution in [0.2, 0.25) is 0 Å². The van der Waals surface area contributed by atoms with E-state index in [1.54, 1.807) is 24.1 Å². The Kier molecular flexibility index (Phi) is 6.82. The first-order valence-corrected chi connectivity index (χ1v) is 13.2. The molecule has 0 radical (unpaired) electrons. The number of carbonyl (C=O) groups is 2. The zero-order valence-corrected chi connectivity index (χ0v) is 22.2. The molecule has 2 saturated carbocycles. The lowest BCUT2D eigenvalue weighted by Crippen LogP contribution is -2.38. The molecule has 37 heavy (non-hydrogen) atoms. The Hall–Kier alpha value is -3.22. The molecule has 5 rings (SSSR count). The van der Waals surface area contributed by atoms with Gasteiger partial charge in [-0.3, -0.25) is 0 Å². The Morgan fingerprint density at radius 1 is 0.946 bits per heavy atom. The molecule has 3 aliphatic rings. The second-order valence-electron chi connectivity index (χ2n) is 11.1. The highest BCUT2D eigenvalue weighted by Crippen LogP contribution is 2.67. The van der Waals surface area contributed by atoms with Crippen LogP contribution in [0.4, 0.5) is 4.79 Å². The molecule has 198 valence electrons. The minimum Gasteiger partial charge on any atom is -0.493 e. The number of benzene rings is 2. The quantitative estimate of drug-likeness (QED) is 0.440. The van der Waals surface area contributed by atoms with E-state index in [4.69, 9.17) is 18.9 Å². The van der Waals surface area contributed by atoms with Crippen LogP contribution in [-0.2, 0) is 9.47 Å². The van der Waals surface area contributed by atoms with Crippen molar-refractivity contribution in [2.75, 3.05) is 27.3 Å². The van der Waals surface area contributed by atoms with E-state index in [9.17, 15) is 9.59 Å². The van der Waals surface area contributed by atoms with Gasteiger partial charge in [-0.25, -0.2) is 9.59 Å². The maximum Gasteiger partial charge on any atom is 0.409 e. The zero-order valence-electron chi connectivity index (χ0n) is 22.2. The molecule has 2 aliphatic carbocycles. The Labute approximate surface area is 219 Å². The van der Waals surface area contributed by atoms with Crippen molar-refractivity contribution >= 4 is 12.1 Å². The third-order valence-corrected chi connectivity index (χ3v) is 9.03. The lowest BCUT2D eigenvalue weighted by Gasteiger charge is -2.38. The molecule has 2 aromatic carbocycles. The summed E-state index contributed by atoms with van der Waals surface area (Å²) in [5, 5.41) is 0. The van der Waals surface area contributed by atoms with Crippen LogP contribution in [0.1, 0.15) is 67.8 Å². The van der Waals surface area contributed by atoms with Crippen LogP contribution in [0.15, 0.2) is 48.5 Å². The fraction of sp³-hybridized carbons (Fsp3) is 0.533. The summed E-state index contributed by atoms with van der Waals surface area (Å²) in [7, 11) is 3.07. The summed E-state index contributed by atoms with van der Waals surface area (Å²) < 4.78 is 23.1. The topological polar surface area (TPSA) is 74.3 Å². The molecule has 7 heteroatoms. The first-order valence-electron chi connectivity index (χ1n) is 13.2. The first-order chi connectivity index (χ1) is 17.8. The summed E-state index contributed by atoms with van der Waals surface area (Å²) in [4.78, 5) is 27.2. The molecule has 0 N–H and O–H groups in total. The van der Waals surface area contributed by atoms with Crippen LogP contribution in [0.5, 0.6) is 11.5 Å². The summed E-state index contributed by atoms with van der Waals surface area (Å²) in [6.45, 7) is 5.42. The Morgan fingerprint density at radius 3 is 2.35 bits per heavy atom. The van der Waals surface area contributed by atoms with Gasteiger partial charge in [0.05, 0.1) is 25.9 Å². The van der Waals surface area contributed by atoms with Gasteiger partial charge in [0.1, 0.15) is 6.10 Å². The minimum absolute atomic E-state index is 0.00821. The van der Waals surface area contributed by atoms with E-state index in [1.807, 2.05) is 24.3 Å². The third kappa shape index (κ3) is 4.64. The largest absolute Gasteiger partial charge is 0.493 e. The predicted octanol–water partition coefficient (Wildman–Crippen LogP) is 5.82. The highest BCUT2D eigenvalue weighted by molar-refractivity contribution is 5.89. The van der Waals surface area contributed by atoms with Crippen molar-refractivity contribution in [2.24, 2.45) is 10.8 Å². The number of nitrogens with zero attached hydrogens (tertiary/aromatic N) is 1. The van der Waals surface area contributed by atoms with Crippen LogP contribution in [0.25, 0.3) is 0 Å². The molecule has 1 aliphatic heterocycles. The minimum atomic E-state index is -0.345. The smallest absolute Gasteiger partial charge is 0.409 e. The van der Waals surface area contributed by atoms with Crippen LogP contribution in [0.3, 0.4) is 0 Å². The lowest BCUT2D eigenvalue weighted by atomic mass is 9.65. The Bertz CT molecular complexity index is 1150. The predicted molar refractivity (Wildman–Crippen MR) is 139 cm³/mol. The molecule has 2 unspecified atom stereocenters. The van der Waals surface area contributed by atoms with E-state index in [2.05, 4.69) is 26.0 Å². The highest BCUT2D eigenvalue weighted by atomic mass is 16.6. The zero-order chi connectivity index (χ0) is 26.2. The number of rotatable bonds is 7. The van der Waals surface area contributed by atoms with Gasteiger partial charge < -0.3 is 23.8 Å². The number of methoxy groups -OCH3 is 2. The van der Waals surface area contributed by atoms with Gasteiger partial charge in [0, 0.05) is 29.8 Å². The van der Waals surface area contributed by atoms with E-state index in [-0.39, 0.29) is 41.0 Å². The molecule has 1 amide bonds. The maximum atomic E-state index is 12.8. The monoisotopic (exact) mass is 507 g/mol. The van der Waals surface area contributed by atoms with Gasteiger partial charge in [0.2, 0.25) is 0 Å². The summed E-state index contributed by atoms with van der Waals surface area (Å²) in [5.74, 6) is 1.16. The molecular weight excluding hydrogens is 470 g/mol. The van der Waals surface area contributed by atoms with E-state index in [1.165, 1.54) is 20.0 Å². The maximum absolute atomic E-state index is 12.8. The van der Waals surface area contributed by atoms with Crippen molar-refractivity contribution in [3.05, 3.63) is 59.7 Å². The van der Waals surface area contributed by atoms with Gasteiger partial charge >= 0.3 is 12.1 Å². The number of ether oxygens (including phenoxy) is 4. The summed E-state index contributed by atoms with van der Waals surface area (Å²) in [6.07, 6.45) is 4.85. The molecule has 0 aromatic heterocycles. The average molecular weight is 508 g/mol. The second kappa shape index (κ2) is 9.92. The van der Waals surface area contributed by atoms with Crippen molar-refractivity contribution < 1.29 is 28.5 Å². The van der Waals surface area contributed by atoms with E-state index < -0.39 is 0 Å². The lowest BCUT2D eigenvalue weighted by molar-refractivity contribution is 0.0287. The molecule has 0 bridgehead atoms. The molecule has 1 saturated heterocycles. The third-order valence-electron chi connectivity index (χ3n) is 9.03. The van der Waals surface area contributed by atoms with E-state index in [0.29, 0.717) is 24.4 Å². The number of hydrogen-bond acceptors (Lipinski definition) is 6. The molecule has 1 heterocycles. The number of amides is 1. The number of carbonyl (C=O) groups excluding carboxylic acids is 2. The standard InChI is InChI=1S/C30H37NO6/c1-29(17-26(29)37-27(32)20-10-6-5-7-11-20)30(2)19-31(28(33)35-4)18-23(30)21-14-15-24(34-3)25(16-21)36-22-12-8-9-13-22/h5-7,10-11,14-16,22-23,26H,8-9,12-13,17-19H2,1-4H3/t23-,26?,29?,30+/m0/s1. The van der Waals surface area contributed by atoms with E-state index in [0.717, 1.165) is 30.6 Å². The van der Waals surface area contributed by atoms with Crippen molar-refractivity contribution in [3.63, 3.8) is 0 Å². The van der Waals surface area contributed by atoms with Crippen molar-refractivity contribution in [3.8, 4) is 11.5 Å². The fourth-order valence-electron chi connectivity index (χ4n) is 6.37. The SMILES string of the molecule is COC(=O)N1C[C@@H](c2ccc(OC)c(OC3CCCC3)c2)[C@](C)(C2(C)CC2OC(=O)c2ccccc2)C1. The molecule has 4 atom stereocenters. The average Bonchev–Trinajstić information content (AvgIpc) is 3.24. The van der Waals surface area contributed by atoms with Gasteiger partial charge in [-0.2, -0.15) is 0 Å². The number of hydrogen-bond donors (Lipinski definition) is 0. The van der Waals surface area contributed by atoms with Gasteiger partial charge in [-0.05, 0) is 61.9 Å². The normalized spacial score (nSPS) is 29.1. The summed E-state index contributed by atoms with van der Waals surface area (Å²) >= 11 is 0. The number of esters is 1. The summed E-state index contributed by atoms with van der Waals surface area (Å²) in [6, 6.07) is 15.2. The summed E-state index contributed by atoms with van der Waals surface area (Å²) in [5.41, 5.74) is 0.994. The van der Waals surface area contributed by atoms with Crippen LogP contribution >= 0.6 is 0 Å². The van der Waals surface area contributed by atoms with Gasteiger partial charge in [0.25, 0.3) is 0 Å². The number of likely N-dealkylation sites (tertiary alicyclic amines) is 1. The van der Waals surface area contributed by atoms with Crippen LogP contribution in [0, 0.1) is 10.8 Å². The van der Waals surface area contributed by atoms with Crippen LogP contribution in [-0.4, -0.2) is 56.5 Å². The van der Waals surface area contributed by atoms with Crippen molar-refractivity contribution in [1.29, 1.82) is 0 Å². The molecule has 2 aromatic rings. The molecule has 7 nitrogen and oxygen atoms in total. The Morgan fingerprint density at radius 2 is 1.68 bits per heavy atom. The van der Waals surface area contributed by atoms with Gasteiger partial charge in [0.15, 0.2) is 11.5 Å². The molecule has 3 fully saturated rings. The van der Waals surface area contributed by atoms with Crippen molar-refractivity contribution in [1.82, 2.24) is 4.90 Å². The van der Waals surface area contributed by atoms with Gasteiger partial charge in [-0.1, -0.05) is 38.1 Å². The first kappa shape index (κ1) is 25.4. The Balaban J connectivity index is 1.43. The highest BCUT2D eigenvalue weighted by Gasteiger charge is 2.68. The molecular formula is C30H37NO6.